The zero-order valence-electron chi connectivity index (χ0n) is 5.60. The van der Waals surface area contributed by atoms with Gasteiger partial charge in [0.25, 0.3) is 0 Å². The van der Waals surface area contributed by atoms with Crippen LogP contribution in [-0.4, -0.2) is 7.13 Å². The van der Waals surface area contributed by atoms with Gasteiger partial charge < -0.3 is 0 Å². The van der Waals surface area contributed by atoms with Crippen molar-refractivity contribution in [3.05, 3.63) is 30.1 Å². The van der Waals surface area contributed by atoms with Crippen molar-refractivity contribution in [1.29, 1.82) is 0 Å². The lowest BCUT2D eigenvalue weighted by Crippen LogP contribution is -2.05. The van der Waals surface area contributed by atoms with E-state index in [-0.39, 0.29) is 2.14 Å². The lowest BCUT2D eigenvalue weighted by atomic mass is 10.3. The molecule has 0 radical (unpaired) electrons. The molecule has 0 N–H and O–H groups in total. The number of alkyl halides is 3. The van der Waals surface area contributed by atoms with Gasteiger partial charge in [-0.05, 0) is 12.1 Å². The van der Waals surface area contributed by atoms with Gasteiger partial charge in [0.05, 0.1) is 0 Å². The predicted molar refractivity (Wildman–Crippen MR) is 57.5 cm³/mol. The van der Waals surface area contributed by atoms with E-state index in [4.69, 9.17) is 0 Å². The minimum Gasteiger partial charge on any atom is -0.261 e. The van der Waals surface area contributed by atoms with E-state index in [0.717, 1.165) is 12.1 Å². The fourth-order valence-electron chi connectivity index (χ4n) is 0.708. The van der Waals surface area contributed by atoms with Crippen molar-refractivity contribution in [2.75, 3.05) is 0 Å². The van der Waals surface area contributed by atoms with Crippen LogP contribution in [0.5, 0.6) is 0 Å². The maximum absolute atomic E-state index is 4.17. The molecule has 1 aromatic rings. The molecule has 4 heteroatoms. The van der Waals surface area contributed by atoms with Gasteiger partial charge in [0.1, 0.15) is 2.14 Å². The highest BCUT2D eigenvalue weighted by atomic mass is 80.0. The van der Waals surface area contributed by atoms with E-state index in [1.54, 1.807) is 6.20 Å². The smallest absolute Gasteiger partial charge is 0.140 e. The number of halogens is 3. The van der Waals surface area contributed by atoms with Gasteiger partial charge in [0, 0.05) is 18.3 Å². The van der Waals surface area contributed by atoms with Crippen LogP contribution in [-0.2, 0) is 6.42 Å². The quantitative estimate of drug-likeness (QED) is 0.712. The van der Waals surface area contributed by atoms with Crippen LogP contribution in [0.4, 0.5) is 0 Å². The van der Waals surface area contributed by atoms with Crippen LogP contribution in [0.15, 0.2) is 24.4 Å². The Bertz CT molecular complexity index is 217. The molecule has 0 bridgehead atoms. The van der Waals surface area contributed by atoms with E-state index >= 15 is 0 Å². The first-order valence-corrected chi connectivity index (χ1v) is 5.42. The van der Waals surface area contributed by atoms with Crippen molar-refractivity contribution in [3.63, 3.8) is 0 Å². The molecule has 0 amide bonds. The van der Waals surface area contributed by atoms with Crippen LogP contribution >= 0.6 is 47.8 Å². The first-order valence-electron chi connectivity index (χ1n) is 3.04. The lowest BCUT2D eigenvalue weighted by molar-refractivity contribution is 1.01. The van der Waals surface area contributed by atoms with Gasteiger partial charge in [-0.1, -0.05) is 53.9 Å². The summed E-state index contributed by atoms with van der Waals surface area (Å²) in [4.78, 5) is 4.17. The highest BCUT2D eigenvalue weighted by molar-refractivity contribution is 9.39. The lowest BCUT2D eigenvalue weighted by Gasteiger charge is -2.09. The largest absolute Gasteiger partial charge is 0.261 e. The predicted octanol–water partition coefficient (Wildman–Crippen LogP) is 3.46. The van der Waals surface area contributed by atoms with Gasteiger partial charge in [0.2, 0.25) is 0 Å². The summed E-state index contributed by atoms with van der Waals surface area (Å²) in [5.74, 6) is 0. The Kier molecular flexibility index (Phi) is 3.52. The molecule has 0 saturated carbocycles. The van der Waals surface area contributed by atoms with Crippen LogP contribution in [0.2, 0.25) is 0 Å². The molecular weight excluding hydrogens is 338 g/mol. The van der Waals surface area contributed by atoms with Gasteiger partial charge in [0.15, 0.2) is 0 Å². The Morgan fingerprint density at radius 3 is 2.45 bits per heavy atom. The minimum absolute atomic E-state index is 0.221. The topological polar surface area (TPSA) is 12.9 Å². The van der Waals surface area contributed by atoms with E-state index in [1.165, 1.54) is 0 Å². The second-order valence-corrected chi connectivity index (χ2v) is 9.37. The van der Waals surface area contributed by atoms with E-state index in [0.29, 0.717) is 0 Å². The molecule has 60 valence electrons. The second-order valence-electron chi connectivity index (χ2n) is 2.11. The van der Waals surface area contributed by atoms with E-state index in [9.17, 15) is 0 Å². The summed E-state index contributed by atoms with van der Waals surface area (Å²) in [5.41, 5.74) is 1.04. The summed E-state index contributed by atoms with van der Waals surface area (Å²) < 4.78 is -0.221. The highest BCUT2D eigenvalue weighted by Crippen LogP contribution is 2.36. The van der Waals surface area contributed by atoms with Crippen molar-refractivity contribution in [1.82, 2.24) is 4.98 Å². The maximum Gasteiger partial charge on any atom is 0.140 e. The van der Waals surface area contributed by atoms with Gasteiger partial charge >= 0.3 is 0 Å². The number of nitrogens with zero attached hydrogens (tertiary/aromatic N) is 1. The minimum atomic E-state index is -0.221. The summed E-state index contributed by atoms with van der Waals surface area (Å²) in [6.45, 7) is 0. The van der Waals surface area contributed by atoms with E-state index < -0.39 is 0 Å². The summed E-state index contributed by atoms with van der Waals surface area (Å²) in [5, 5.41) is 0. The molecule has 1 nitrogen and oxygen atoms in total. The Morgan fingerprint density at radius 2 is 2.00 bits per heavy atom. The summed E-state index contributed by atoms with van der Waals surface area (Å²) in [6, 6.07) is 5.86. The van der Waals surface area contributed by atoms with Gasteiger partial charge in [-0.15, -0.1) is 0 Å². The first-order chi connectivity index (χ1) is 5.08. The molecule has 0 unspecified atom stereocenters. The fraction of sp³-hybridized carbons (Fsp3) is 0.286. The van der Waals surface area contributed by atoms with Crippen molar-refractivity contribution >= 4 is 47.8 Å². The van der Waals surface area contributed by atoms with Gasteiger partial charge in [-0.3, -0.25) is 4.98 Å². The number of hydrogen-bond donors (Lipinski definition) is 0. The van der Waals surface area contributed by atoms with Crippen LogP contribution in [0, 0.1) is 0 Å². The van der Waals surface area contributed by atoms with Crippen molar-refractivity contribution in [3.8, 4) is 0 Å². The SMILES string of the molecule is BrC(Br)(Br)Cc1ccccn1. The molecule has 11 heavy (non-hydrogen) atoms. The molecule has 0 spiro atoms. The molecule has 1 rings (SSSR count). The molecule has 0 aromatic carbocycles. The van der Waals surface area contributed by atoms with Gasteiger partial charge in [-0.25, -0.2) is 0 Å². The Morgan fingerprint density at radius 1 is 1.27 bits per heavy atom. The molecule has 0 fully saturated rings. The molecular formula is C7H6Br3N. The molecule has 1 heterocycles. The zero-order chi connectivity index (χ0) is 8.32. The Balaban J connectivity index is 2.66. The molecule has 0 aliphatic carbocycles. The number of hydrogen-bond acceptors (Lipinski definition) is 1. The Labute approximate surface area is 91.0 Å². The monoisotopic (exact) mass is 341 g/mol. The van der Waals surface area contributed by atoms with Crippen molar-refractivity contribution < 1.29 is 0 Å². The number of aromatic nitrogens is 1. The second kappa shape index (κ2) is 4.01. The number of pyridine rings is 1. The third-order valence-corrected chi connectivity index (χ3v) is 1.95. The third-order valence-electron chi connectivity index (χ3n) is 1.11. The van der Waals surface area contributed by atoms with Crippen LogP contribution in [0.25, 0.3) is 0 Å². The summed E-state index contributed by atoms with van der Waals surface area (Å²) in [7, 11) is 0. The summed E-state index contributed by atoms with van der Waals surface area (Å²) >= 11 is 10.2. The molecule has 0 atom stereocenters. The normalized spacial score (nSPS) is 11.5. The molecule has 0 saturated heterocycles. The van der Waals surface area contributed by atoms with Crippen molar-refractivity contribution in [2.45, 2.75) is 8.56 Å². The average Bonchev–Trinajstić information content (AvgIpc) is 1.85. The van der Waals surface area contributed by atoms with Crippen LogP contribution < -0.4 is 0 Å². The zero-order valence-corrected chi connectivity index (χ0v) is 10.4. The molecule has 1 aromatic heterocycles. The van der Waals surface area contributed by atoms with Crippen molar-refractivity contribution in [2.24, 2.45) is 0 Å². The summed E-state index contributed by atoms with van der Waals surface area (Å²) in [6.07, 6.45) is 2.59. The number of rotatable bonds is 1. The highest BCUT2D eigenvalue weighted by Gasteiger charge is 2.18. The van der Waals surface area contributed by atoms with Crippen LogP contribution in [0.3, 0.4) is 0 Å². The van der Waals surface area contributed by atoms with Gasteiger partial charge in [-0.2, -0.15) is 0 Å². The third kappa shape index (κ3) is 4.23. The Hall–Kier alpha value is 0.590. The average molecular weight is 344 g/mol. The standard InChI is InChI=1S/C7H6Br3N/c8-7(9,10)5-6-3-1-2-4-11-6/h1-4H,5H2. The first kappa shape index (κ1) is 9.68. The van der Waals surface area contributed by atoms with E-state index in [1.807, 2.05) is 18.2 Å². The maximum atomic E-state index is 4.17. The van der Waals surface area contributed by atoms with Crippen LogP contribution in [0.1, 0.15) is 5.69 Å². The van der Waals surface area contributed by atoms with E-state index in [2.05, 4.69) is 52.8 Å². The molecule has 0 aliphatic heterocycles. The molecule has 0 aliphatic rings. The fourth-order valence-corrected chi connectivity index (χ4v) is 1.57.